The molecule has 118 valence electrons. The number of hydrogen-bond donors (Lipinski definition) is 1. The van der Waals surface area contributed by atoms with Crippen LogP contribution in [0.3, 0.4) is 0 Å². The van der Waals surface area contributed by atoms with Gasteiger partial charge >= 0.3 is 5.97 Å². The van der Waals surface area contributed by atoms with Gasteiger partial charge in [-0.25, -0.2) is 4.79 Å². The normalized spacial score (nSPS) is 10.5. The largest absolute Gasteiger partial charge is 0.460 e. The minimum absolute atomic E-state index is 0.0125. The van der Waals surface area contributed by atoms with Crippen LogP contribution < -0.4 is 0 Å². The Morgan fingerprint density at radius 2 is 1.45 bits per heavy atom. The number of carbonyl (C=O) groups excluding carboxylic acids is 1. The molecule has 0 aromatic carbocycles. The lowest BCUT2D eigenvalue weighted by Crippen LogP contribution is -2.16. The van der Waals surface area contributed by atoms with Crippen molar-refractivity contribution in [1.29, 1.82) is 0 Å². The van der Waals surface area contributed by atoms with Gasteiger partial charge in [-0.15, -0.1) is 0 Å². The maximum Gasteiger partial charge on any atom is 0.335 e. The van der Waals surface area contributed by atoms with Crippen molar-refractivity contribution in [2.24, 2.45) is 0 Å². The third kappa shape index (κ3) is 12.1. The molecular formula is C13H24O7. The van der Waals surface area contributed by atoms with E-state index in [-0.39, 0.29) is 25.4 Å². The average molecular weight is 292 g/mol. The Morgan fingerprint density at radius 1 is 0.950 bits per heavy atom. The maximum atomic E-state index is 11.3. The Balaban J connectivity index is 3.20. The number of carbonyl (C=O) groups is 1. The molecule has 0 radical (unpaired) electrons. The van der Waals surface area contributed by atoms with Crippen molar-refractivity contribution in [1.82, 2.24) is 0 Å². The summed E-state index contributed by atoms with van der Waals surface area (Å²) in [6.07, 6.45) is 0. The van der Waals surface area contributed by atoms with Gasteiger partial charge < -0.3 is 28.8 Å². The van der Waals surface area contributed by atoms with E-state index in [0.717, 1.165) is 0 Å². The highest BCUT2D eigenvalue weighted by Gasteiger charge is 2.07. The molecular weight excluding hydrogens is 268 g/mol. The van der Waals surface area contributed by atoms with E-state index in [9.17, 15) is 4.79 Å². The van der Waals surface area contributed by atoms with Crippen molar-refractivity contribution in [3.05, 3.63) is 12.2 Å². The number of esters is 1. The van der Waals surface area contributed by atoms with Crippen LogP contribution in [0.15, 0.2) is 12.2 Å². The van der Waals surface area contributed by atoms with Gasteiger partial charge in [-0.2, -0.15) is 0 Å². The fraction of sp³-hybridized carbons (Fsp3) is 0.769. The topological polar surface area (TPSA) is 83.5 Å². The fourth-order valence-corrected chi connectivity index (χ4v) is 1.13. The van der Waals surface area contributed by atoms with Crippen LogP contribution in [0.5, 0.6) is 0 Å². The quantitative estimate of drug-likeness (QED) is 0.269. The van der Waals surface area contributed by atoms with Crippen LogP contribution in [0, 0.1) is 0 Å². The second-order valence-electron chi connectivity index (χ2n) is 3.73. The highest BCUT2D eigenvalue weighted by atomic mass is 16.6. The minimum Gasteiger partial charge on any atom is -0.460 e. The number of methoxy groups -OCH3 is 1. The van der Waals surface area contributed by atoms with Crippen LogP contribution >= 0.6 is 0 Å². The molecule has 0 aliphatic rings. The molecule has 1 N–H and O–H groups in total. The molecule has 0 spiro atoms. The van der Waals surface area contributed by atoms with Gasteiger partial charge in [0, 0.05) is 7.11 Å². The standard InChI is InChI=1S/C13H24O7/c1-12(11-16-2)13(15)20-10-9-19-8-7-18-6-5-17-4-3-14/h14H,1,3-11H2,2H3. The molecule has 0 saturated carbocycles. The van der Waals surface area contributed by atoms with Crippen LogP contribution in [0.4, 0.5) is 0 Å². The van der Waals surface area contributed by atoms with E-state index in [1.807, 2.05) is 0 Å². The third-order valence-corrected chi connectivity index (χ3v) is 2.05. The van der Waals surface area contributed by atoms with Crippen molar-refractivity contribution < 1.29 is 33.6 Å². The predicted molar refractivity (Wildman–Crippen MR) is 71.5 cm³/mol. The maximum absolute atomic E-state index is 11.3. The molecule has 7 heteroatoms. The van der Waals surface area contributed by atoms with Gasteiger partial charge in [-0.1, -0.05) is 6.58 Å². The first-order chi connectivity index (χ1) is 9.72. The molecule has 0 atom stereocenters. The molecule has 0 rings (SSSR count). The highest BCUT2D eigenvalue weighted by Crippen LogP contribution is 1.95. The first-order valence-corrected chi connectivity index (χ1v) is 6.40. The lowest BCUT2D eigenvalue weighted by Gasteiger charge is -2.08. The molecule has 0 aromatic rings. The molecule has 0 aliphatic carbocycles. The molecule has 0 amide bonds. The number of aliphatic hydroxyl groups excluding tert-OH is 1. The number of aliphatic hydroxyl groups is 1. The van der Waals surface area contributed by atoms with Gasteiger partial charge in [0.2, 0.25) is 0 Å². The summed E-state index contributed by atoms with van der Waals surface area (Å²) < 4.78 is 25.1. The van der Waals surface area contributed by atoms with Gasteiger partial charge in [-0.3, -0.25) is 0 Å². The summed E-state index contributed by atoms with van der Waals surface area (Å²) >= 11 is 0. The van der Waals surface area contributed by atoms with Crippen LogP contribution in [-0.4, -0.2) is 77.6 Å². The summed E-state index contributed by atoms with van der Waals surface area (Å²) in [6, 6.07) is 0. The van der Waals surface area contributed by atoms with Gasteiger partial charge in [0.15, 0.2) is 0 Å². The number of ether oxygens (including phenoxy) is 5. The summed E-state index contributed by atoms with van der Waals surface area (Å²) in [5.74, 6) is -0.479. The smallest absolute Gasteiger partial charge is 0.335 e. The van der Waals surface area contributed by atoms with Gasteiger partial charge in [-0.05, 0) is 0 Å². The molecule has 7 nitrogen and oxygen atoms in total. The first-order valence-electron chi connectivity index (χ1n) is 6.40. The Hall–Kier alpha value is -0.990. The van der Waals surface area contributed by atoms with Crippen LogP contribution in [0.25, 0.3) is 0 Å². The summed E-state index contributed by atoms with van der Waals surface area (Å²) in [5.41, 5.74) is 0.277. The van der Waals surface area contributed by atoms with Crippen molar-refractivity contribution >= 4 is 5.97 Å². The van der Waals surface area contributed by atoms with Gasteiger partial charge in [0.25, 0.3) is 0 Å². The van der Waals surface area contributed by atoms with E-state index in [2.05, 4.69) is 6.58 Å². The Labute approximate surface area is 119 Å². The van der Waals surface area contributed by atoms with Crippen molar-refractivity contribution in [2.45, 2.75) is 0 Å². The lowest BCUT2D eigenvalue weighted by atomic mass is 10.3. The second kappa shape index (κ2) is 14.4. The summed E-state index contributed by atoms with van der Waals surface area (Å²) in [5, 5.41) is 8.46. The van der Waals surface area contributed by atoms with Crippen LogP contribution in [0.1, 0.15) is 0 Å². The first kappa shape index (κ1) is 19.0. The van der Waals surface area contributed by atoms with Crippen molar-refractivity contribution in [3.63, 3.8) is 0 Å². The van der Waals surface area contributed by atoms with Gasteiger partial charge in [0.1, 0.15) is 6.61 Å². The highest BCUT2D eigenvalue weighted by molar-refractivity contribution is 5.87. The van der Waals surface area contributed by atoms with Crippen molar-refractivity contribution in [3.8, 4) is 0 Å². The van der Waals surface area contributed by atoms with Crippen LogP contribution in [-0.2, 0) is 28.5 Å². The summed E-state index contributed by atoms with van der Waals surface area (Å²) in [6.45, 7) is 6.23. The molecule has 0 aromatic heterocycles. The molecule has 0 saturated heterocycles. The number of rotatable bonds is 14. The third-order valence-electron chi connectivity index (χ3n) is 2.05. The van der Waals surface area contributed by atoms with Crippen LogP contribution in [0.2, 0.25) is 0 Å². The van der Waals surface area contributed by atoms with E-state index < -0.39 is 5.97 Å². The molecule has 0 fully saturated rings. The van der Waals surface area contributed by atoms with E-state index in [4.69, 9.17) is 28.8 Å². The van der Waals surface area contributed by atoms with Gasteiger partial charge in [0.05, 0.1) is 58.4 Å². The van der Waals surface area contributed by atoms with E-state index >= 15 is 0 Å². The Morgan fingerprint density at radius 3 is 1.95 bits per heavy atom. The van der Waals surface area contributed by atoms with E-state index in [0.29, 0.717) is 39.6 Å². The Bertz CT molecular complexity index is 255. The fourth-order valence-electron chi connectivity index (χ4n) is 1.13. The zero-order chi connectivity index (χ0) is 15.1. The molecule has 0 aliphatic heterocycles. The lowest BCUT2D eigenvalue weighted by molar-refractivity contribution is -0.141. The summed E-state index contributed by atoms with van der Waals surface area (Å²) in [7, 11) is 1.48. The zero-order valence-electron chi connectivity index (χ0n) is 12.0. The average Bonchev–Trinajstić information content (AvgIpc) is 2.44. The monoisotopic (exact) mass is 292 g/mol. The summed E-state index contributed by atoms with van der Waals surface area (Å²) in [4.78, 5) is 11.3. The zero-order valence-corrected chi connectivity index (χ0v) is 12.0. The number of hydrogen-bond acceptors (Lipinski definition) is 7. The van der Waals surface area contributed by atoms with E-state index in [1.165, 1.54) is 7.11 Å². The molecule has 0 heterocycles. The van der Waals surface area contributed by atoms with E-state index in [1.54, 1.807) is 0 Å². The molecule has 20 heavy (non-hydrogen) atoms. The predicted octanol–water partition coefficient (Wildman–Crippen LogP) is -0.226. The SMILES string of the molecule is C=C(COC)C(=O)OCCOCCOCCOCCO. The Kier molecular flexibility index (Phi) is 13.7. The minimum atomic E-state index is -0.479. The molecule has 0 unspecified atom stereocenters. The second-order valence-corrected chi connectivity index (χ2v) is 3.73. The van der Waals surface area contributed by atoms with Crippen molar-refractivity contribution in [2.75, 3.05) is 66.6 Å². The molecule has 0 bridgehead atoms.